The van der Waals surface area contributed by atoms with E-state index in [2.05, 4.69) is 25.9 Å². The molecule has 0 radical (unpaired) electrons. The van der Waals surface area contributed by atoms with Crippen molar-refractivity contribution in [3.8, 4) is 11.5 Å². The lowest BCUT2D eigenvalue weighted by atomic mass is 9.67. The van der Waals surface area contributed by atoms with Gasteiger partial charge in [-0.15, -0.1) is 0 Å². The zero-order valence-corrected chi connectivity index (χ0v) is 18.9. The summed E-state index contributed by atoms with van der Waals surface area (Å²) in [6, 6.07) is 4.00. The van der Waals surface area contributed by atoms with Gasteiger partial charge in [0.2, 0.25) is 0 Å². The summed E-state index contributed by atoms with van der Waals surface area (Å²) in [6.45, 7) is 8.19. The zero-order valence-electron chi connectivity index (χ0n) is 18.9. The fraction of sp³-hybridized carbons (Fsp3) is 0.667. The molecule has 2 aliphatic heterocycles. The fourth-order valence-corrected chi connectivity index (χ4v) is 5.15. The van der Waals surface area contributed by atoms with Crippen molar-refractivity contribution in [2.75, 3.05) is 20.8 Å². The number of methoxy groups -OCH3 is 2. The van der Waals surface area contributed by atoms with E-state index in [4.69, 9.17) is 14.3 Å². The normalized spacial score (nSPS) is 26.1. The Morgan fingerprint density at radius 2 is 1.77 bits per heavy atom. The van der Waals surface area contributed by atoms with Gasteiger partial charge in [-0.2, -0.15) is 0 Å². The maximum absolute atomic E-state index is 13.2. The molecule has 0 saturated heterocycles. The Balaban J connectivity index is 1.41. The molecule has 0 atom stereocenters. The Morgan fingerprint density at radius 3 is 2.37 bits per heavy atom. The predicted molar refractivity (Wildman–Crippen MR) is 116 cm³/mol. The summed E-state index contributed by atoms with van der Waals surface area (Å²) in [7, 11) is 3.28. The van der Waals surface area contributed by atoms with Crippen molar-refractivity contribution in [2.24, 2.45) is 16.5 Å². The minimum Gasteiger partial charge on any atom is -0.493 e. The Hall–Kier alpha value is -2.24. The first-order chi connectivity index (χ1) is 14.2. The first-order valence-corrected chi connectivity index (χ1v) is 11.0. The average molecular weight is 415 g/mol. The molecule has 0 aromatic heterocycles. The highest BCUT2D eigenvalue weighted by molar-refractivity contribution is 6.39. The fourth-order valence-electron chi connectivity index (χ4n) is 5.15. The Labute approximate surface area is 179 Å². The van der Waals surface area contributed by atoms with Crippen LogP contribution in [0.25, 0.3) is 0 Å². The quantitative estimate of drug-likeness (QED) is 0.738. The van der Waals surface area contributed by atoms with Crippen molar-refractivity contribution in [1.29, 1.82) is 0 Å². The van der Waals surface area contributed by atoms with Gasteiger partial charge in [0.05, 0.1) is 14.2 Å². The lowest BCUT2D eigenvalue weighted by Crippen LogP contribution is -2.42. The number of hydrogen-bond donors (Lipinski definition) is 0. The molecule has 30 heavy (non-hydrogen) atoms. The molecule has 1 spiro atoms. The monoisotopic (exact) mass is 414 g/mol. The van der Waals surface area contributed by atoms with Gasteiger partial charge in [-0.25, -0.2) is 0 Å². The number of nitrogens with zero attached hydrogens (tertiary/aromatic N) is 2. The van der Waals surface area contributed by atoms with Gasteiger partial charge in [-0.3, -0.25) is 4.79 Å². The van der Waals surface area contributed by atoms with E-state index >= 15 is 0 Å². The maximum atomic E-state index is 13.2. The number of oxime groups is 1. The van der Waals surface area contributed by atoms with Crippen LogP contribution in [0.2, 0.25) is 0 Å². The van der Waals surface area contributed by atoms with E-state index < -0.39 is 0 Å². The molecular formula is C24H34N2O4. The van der Waals surface area contributed by atoms with Crippen molar-refractivity contribution < 1.29 is 19.1 Å². The van der Waals surface area contributed by atoms with E-state index in [1.54, 1.807) is 14.2 Å². The van der Waals surface area contributed by atoms with Gasteiger partial charge in [0.1, 0.15) is 11.3 Å². The van der Waals surface area contributed by atoms with Crippen molar-refractivity contribution in [3.63, 3.8) is 0 Å². The van der Waals surface area contributed by atoms with Crippen LogP contribution in [0.4, 0.5) is 0 Å². The lowest BCUT2D eigenvalue weighted by molar-refractivity contribution is -0.125. The summed E-state index contributed by atoms with van der Waals surface area (Å²) < 4.78 is 10.8. The molecule has 3 aliphatic rings. The molecule has 6 nitrogen and oxygen atoms in total. The molecule has 0 N–H and O–H groups in total. The topological polar surface area (TPSA) is 60.4 Å². The molecule has 0 unspecified atom stereocenters. The Kier molecular flexibility index (Phi) is 5.45. The molecule has 1 amide bonds. The van der Waals surface area contributed by atoms with Crippen LogP contribution in [-0.4, -0.2) is 42.9 Å². The third kappa shape index (κ3) is 3.88. The summed E-state index contributed by atoms with van der Waals surface area (Å²) in [5, 5.41) is 4.27. The molecular weight excluding hydrogens is 380 g/mol. The zero-order chi connectivity index (χ0) is 21.5. The van der Waals surface area contributed by atoms with Crippen molar-refractivity contribution in [3.05, 3.63) is 23.3 Å². The number of hydrogen-bond acceptors (Lipinski definition) is 5. The minimum absolute atomic E-state index is 0.00487. The number of carbonyl (C=O) groups is 1. The van der Waals surface area contributed by atoms with Crippen LogP contribution >= 0.6 is 0 Å². The number of carbonyl (C=O) groups excluding carboxylic acids is 1. The molecule has 1 aromatic carbocycles. The van der Waals surface area contributed by atoms with Crippen LogP contribution in [0.5, 0.6) is 11.5 Å². The highest BCUT2D eigenvalue weighted by Gasteiger charge is 2.46. The molecule has 1 aliphatic carbocycles. The number of benzene rings is 1. The van der Waals surface area contributed by atoms with Gasteiger partial charge >= 0.3 is 0 Å². The Morgan fingerprint density at radius 1 is 1.13 bits per heavy atom. The van der Waals surface area contributed by atoms with Crippen LogP contribution in [-0.2, 0) is 22.6 Å². The highest BCUT2D eigenvalue weighted by atomic mass is 16.7. The SMILES string of the molecule is COc1cc2c(cc1OC)CN(C(=O)C1=NOC3(CCC(C(C)(C)C)CC3)C1)CC2. The first-order valence-electron chi connectivity index (χ1n) is 11.0. The molecule has 1 fully saturated rings. The van der Waals surface area contributed by atoms with Crippen molar-refractivity contribution >= 4 is 11.6 Å². The second-order valence-electron chi connectivity index (χ2n) is 10.1. The van der Waals surface area contributed by atoms with E-state index in [1.165, 1.54) is 5.56 Å². The lowest BCUT2D eigenvalue weighted by Gasteiger charge is -2.40. The van der Waals surface area contributed by atoms with Gasteiger partial charge in [0.25, 0.3) is 5.91 Å². The van der Waals surface area contributed by atoms with Crippen molar-refractivity contribution in [1.82, 2.24) is 4.90 Å². The summed E-state index contributed by atoms with van der Waals surface area (Å²) in [4.78, 5) is 21.0. The van der Waals surface area contributed by atoms with Crippen LogP contribution in [0.3, 0.4) is 0 Å². The third-order valence-corrected chi connectivity index (χ3v) is 7.21. The van der Waals surface area contributed by atoms with Crippen LogP contribution < -0.4 is 9.47 Å². The summed E-state index contributed by atoms with van der Waals surface area (Å²) in [5.74, 6) is 2.14. The summed E-state index contributed by atoms with van der Waals surface area (Å²) in [5.41, 5.74) is 2.94. The van der Waals surface area contributed by atoms with Crippen LogP contribution in [0.1, 0.15) is 64.0 Å². The molecule has 0 bridgehead atoms. The van der Waals surface area contributed by atoms with E-state index in [0.717, 1.165) is 43.4 Å². The van der Waals surface area contributed by atoms with Crippen molar-refractivity contribution in [2.45, 2.75) is 71.4 Å². The molecule has 164 valence electrons. The van der Waals surface area contributed by atoms with Crippen LogP contribution in [0, 0.1) is 11.3 Å². The van der Waals surface area contributed by atoms with Gasteiger partial charge in [0, 0.05) is 19.5 Å². The molecule has 1 aromatic rings. The number of fused-ring (bicyclic) bond motifs is 1. The van der Waals surface area contributed by atoms with Gasteiger partial charge in [-0.1, -0.05) is 25.9 Å². The molecule has 1 saturated carbocycles. The van der Waals surface area contributed by atoms with E-state index in [0.29, 0.717) is 42.3 Å². The first kappa shape index (κ1) is 21.0. The predicted octanol–water partition coefficient (Wildman–Crippen LogP) is 4.34. The second kappa shape index (κ2) is 7.78. The molecule has 4 rings (SSSR count). The second-order valence-corrected chi connectivity index (χ2v) is 10.1. The Bertz CT molecular complexity index is 847. The number of rotatable bonds is 3. The summed E-state index contributed by atoms with van der Waals surface area (Å²) >= 11 is 0. The minimum atomic E-state index is -0.267. The third-order valence-electron chi connectivity index (χ3n) is 7.21. The van der Waals surface area contributed by atoms with Crippen LogP contribution in [0.15, 0.2) is 17.3 Å². The van der Waals surface area contributed by atoms with E-state index in [-0.39, 0.29) is 11.5 Å². The van der Waals surface area contributed by atoms with E-state index in [9.17, 15) is 4.79 Å². The average Bonchev–Trinajstić information content (AvgIpc) is 3.14. The standard InChI is InChI=1S/C24H34N2O4/c1-23(2,3)18-6-9-24(10-7-18)14-19(25-30-24)22(27)26-11-8-16-12-20(28-4)21(29-5)13-17(16)15-26/h12-13,18H,6-11,14-15H2,1-5H3. The molecule has 6 heteroatoms. The van der Waals surface area contributed by atoms with Gasteiger partial charge < -0.3 is 19.2 Å². The van der Waals surface area contributed by atoms with Gasteiger partial charge in [-0.05, 0) is 66.7 Å². The molecule has 2 heterocycles. The maximum Gasteiger partial charge on any atom is 0.272 e. The highest BCUT2D eigenvalue weighted by Crippen LogP contribution is 2.46. The number of ether oxygens (including phenoxy) is 2. The number of amides is 1. The van der Waals surface area contributed by atoms with Gasteiger partial charge in [0.15, 0.2) is 11.5 Å². The van der Waals surface area contributed by atoms with E-state index in [1.807, 2.05) is 17.0 Å². The smallest absolute Gasteiger partial charge is 0.272 e. The largest absolute Gasteiger partial charge is 0.493 e. The summed E-state index contributed by atoms with van der Waals surface area (Å²) in [6.07, 6.45) is 5.68.